The minimum atomic E-state index is -0.864. The van der Waals surface area contributed by atoms with Gasteiger partial charge in [0.15, 0.2) is 0 Å². The number of Topliss-reactive ketones (excluding diaryl/α,β-unsaturated/α-hetero) is 1. The molecular formula is C26H40FN3O5. The van der Waals surface area contributed by atoms with Crippen molar-refractivity contribution in [3.05, 3.63) is 47.1 Å². The van der Waals surface area contributed by atoms with Gasteiger partial charge in [-0.05, 0) is 39.7 Å². The Morgan fingerprint density at radius 2 is 1.91 bits per heavy atom. The minimum absolute atomic E-state index is 0.0806. The molecule has 1 saturated heterocycles. The Bertz CT molecular complexity index is 851. The van der Waals surface area contributed by atoms with E-state index in [1.807, 2.05) is 23.8 Å². The van der Waals surface area contributed by atoms with E-state index in [4.69, 9.17) is 14.2 Å². The number of nitrogens with zero attached hydrogens (tertiary/aromatic N) is 2. The van der Waals surface area contributed by atoms with Crippen LogP contribution in [0.2, 0.25) is 0 Å². The van der Waals surface area contributed by atoms with E-state index in [9.17, 15) is 9.59 Å². The molecule has 0 aromatic rings. The number of carbonyl (C=O) groups is 2. The van der Waals surface area contributed by atoms with Crippen LogP contribution in [0.25, 0.3) is 0 Å². The van der Waals surface area contributed by atoms with E-state index in [1.54, 1.807) is 19.9 Å². The SMILES string of the molecule is C=C(C(=O)OCC(COC)OCC)C(=O)C(/C=C(F)\C(=C/C)N1CCNCC1)=C(/C)N(C)C1CC1. The van der Waals surface area contributed by atoms with Crippen molar-refractivity contribution in [2.75, 3.05) is 60.2 Å². The Balaban J connectivity index is 2.27. The van der Waals surface area contributed by atoms with Crippen LogP contribution in [0.5, 0.6) is 0 Å². The number of hydrogen-bond donors (Lipinski definition) is 1. The lowest BCUT2D eigenvalue weighted by molar-refractivity contribution is -0.145. The Morgan fingerprint density at radius 1 is 1.26 bits per heavy atom. The Labute approximate surface area is 208 Å². The molecule has 0 spiro atoms. The van der Waals surface area contributed by atoms with Crippen LogP contribution in [0.15, 0.2) is 47.1 Å². The normalized spacial score (nSPS) is 18.6. The lowest BCUT2D eigenvalue weighted by Crippen LogP contribution is -2.43. The molecule has 0 aromatic carbocycles. The fourth-order valence-electron chi connectivity index (χ4n) is 3.91. The summed E-state index contributed by atoms with van der Waals surface area (Å²) in [6, 6.07) is 0.296. The number of ether oxygens (including phenoxy) is 3. The molecule has 0 bridgehead atoms. The number of methoxy groups -OCH3 is 1. The highest BCUT2D eigenvalue weighted by molar-refractivity contribution is 6.24. The zero-order valence-corrected chi connectivity index (χ0v) is 21.7. The van der Waals surface area contributed by atoms with Crippen LogP contribution in [-0.2, 0) is 23.8 Å². The second-order valence-electron chi connectivity index (χ2n) is 8.68. The molecule has 2 aliphatic rings. The third-order valence-corrected chi connectivity index (χ3v) is 6.18. The fourth-order valence-corrected chi connectivity index (χ4v) is 3.91. The Hall–Kier alpha value is -2.49. The van der Waals surface area contributed by atoms with Crippen molar-refractivity contribution >= 4 is 11.8 Å². The molecule has 0 radical (unpaired) electrons. The Kier molecular flexibility index (Phi) is 11.6. The largest absolute Gasteiger partial charge is 0.459 e. The first kappa shape index (κ1) is 28.7. The van der Waals surface area contributed by atoms with Crippen LogP contribution in [-0.4, -0.2) is 93.9 Å². The number of ketones is 1. The van der Waals surface area contributed by atoms with Gasteiger partial charge in [-0.15, -0.1) is 0 Å². The molecule has 0 aromatic heterocycles. The number of rotatable bonds is 14. The number of hydrogen-bond acceptors (Lipinski definition) is 8. The van der Waals surface area contributed by atoms with Gasteiger partial charge >= 0.3 is 5.97 Å². The molecule has 1 unspecified atom stereocenters. The second-order valence-corrected chi connectivity index (χ2v) is 8.68. The average molecular weight is 494 g/mol. The fraction of sp³-hybridized carbons (Fsp3) is 0.615. The quantitative estimate of drug-likeness (QED) is 0.130. The zero-order valence-electron chi connectivity index (χ0n) is 21.7. The van der Waals surface area contributed by atoms with Crippen molar-refractivity contribution in [2.45, 2.75) is 45.8 Å². The van der Waals surface area contributed by atoms with Crippen molar-refractivity contribution in [3.63, 3.8) is 0 Å². The second kappa shape index (κ2) is 14.2. The van der Waals surface area contributed by atoms with Gasteiger partial charge in [0.25, 0.3) is 0 Å². The molecular weight excluding hydrogens is 453 g/mol. The minimum Gasteiger partial charge on any atom is -0.459 e. The van der Waals surface area contributed by atoms with E-state index in [2.05, 4.69) is 11.9 Å². The topological polar surface area (TPSA) is 80.3 Å². The molecule has 2 rings (SSSR count). The summed E-state index contributed by atoms with van der Waals surface area (Å²) < 4.78 is 31.3. The summed E-state index contributed by atoms with van der Waals surface area (Å²) in [7, 11) is 3.39. The summed E-state index contributed by atoms with van der Waals surface area (Å²) >= 11 is 0. The van der Waals surface area contributed by atoms with E-state index in [1.165, 1.54) is 13.2 Å². The monoisotopic (exact) mass is 493 g/mol. The summed E-state index contributed by atoms with van der Waals surface area (Å²) in [5, 5.41) is 3.25. The van der Waals surface area contributed by atoms with E-state index < -0.39 is 23.7 Å². The van der Waals surface area contributed by atoms with Crippen LogP contribution in [0, 0.1) is 0 Å². The van der Waals surface area contributed by atoms with Crippen LogP contribution in [0.4, 0.5) is 4.39 Å². The number of carbonyl (C=O) groups excluding carboxylic acids is 2. The summed E-state index contributed by atoms with van der Waals surface area (Å²) in [6.07, 6.45) is 4.47. The molecule has 1 saturated carbocycles. The molecule has 1 aliphatic carbocycles. The number of halogens is 1. The maximum absolute atomic E-state index is 15.5. The Morgan fingerprint density at radius 3 is 2.46 bits per heavy atom. The van der Waals surface area contributed by atoms with Gasteiger partial charge in [-0.25, -0.2) is 9.18 Å². The van der Waals surface area contributed by atoms with Gasteiger partial charge in [0, 0.05) is 64.3 Å². The number of allylic oxidation sites excluding steroid dienone is 5. The third-order valence-electron chi connectivity index (χ3n) is 6.18. The summed E-state index contributed by atoms with van der Waals surface area (Å²) in [6.45, 7) is 12.4. The van der Waals surface area contributed by atoms with E-state index in [-0.39, 0.29) is 24.4 Å². The van der Waals surface area contributed by atoms with Gasteiger partial charge in [-0.3, -0.25) is 4.79 Å². The van der Waals surface area contributed by atoms with Gasteiger partial charge in [0.2, 0.25) is 5.78 Å². The number of piperazine rings is 1. The predicted molar refractivity (Wildman–Crippen MR) is 133 cm³/mol. The van der Waals surface area contributed by atoms with Gasteiger partial charge in [0.05, 0.1) is 12.3 Å². The van der Waals surface area contributed by atoms with Crippen LogP contribution in [0.3, 0.4) is 0 Å². The van der Waals surface area contributed by atoms with Gasteiger partial charge < -0.3 is 29.3 Å². The van der Waals surface area contributed by atoms with E-state index >= 15 is 4.39 Å². The lowest BCUT2D eigenvalue weighted by atomic mass is 10.0. The van der Waals surface area contributed by atoms with Crippen LogP contribution < -0.4 is 5.32 Å². The zero-order chi connectivity index (χ0) is 26.0. The van der Waals surface area contributed by atoms with Crippen molar-refractivity contribution in [2.24, 2.45) is 0 Å². The molecule has 8 nitrogen and oxygen atoms in total. The maximum Gasteiger partial charge on any atom is 0.341 e. The summed E-state index contributed by atoms with van der Waals surface area (Å²) in [4.78, 5) is 29.9. The smallest absolute Gasteiger partial charge is 0.341 e. The van der Waals surface area contributed by atoms with Gasteiger partial charge in [-0.2, -0.15) is 0 Å². The van der Waals surface area contributed by atoms with Crippen molar-refractivity contribution in [1.82, 2.24) is 15.1 Å². The molecule has 196 valence electrons. The summed E-state index contributed by atoms with van der Waals surface area (Å²) in [5.74, 6) is -2.05. The van der Waals surface area contributed by atoms with Crippen molar-refractivity contribution < 1.29 is 28.2 Å². The highest BCUT2D eigenvalue weighted by Crippen LogP contribution is 2.31. The average Bonchev–Trinajstić information content (AvgIpc) is 3.71. The molecule has 1 heterocycles. The van der Waals surface area contributed by atoms with Crippen molar-refractivity contribution in [1.29, 1.82) is 0 Å². The highest BCUT2D eigenvalue weighted by atomic mass is 19.1. The molecule has 1 N–H and O–H groups in total. The molecule has 35 heavy (non-hydrogen) atoms. The molecule has 0 amide bonds. The van der Waals surface area contributed by atoms with Crippen molar-refractivity contribution in [3.8, 4) is 0 Å². The first-order valence-corrected chi connectivity index (χ1v) is 12.2. The standard InChI is InChI=1S/C26H40FN3O5/c1-7-24(30-13-11-28-12-14-30)23(27)15-22(19(4)29(5)20-9-10-20)25(31)18(3)26(32)35-17-21(16-33-6)34-8-2/h7,15,20-21,28H,3,8-14,16-17H2,1-2,4-6H3/b22-19-,23-15+,24-7+. The van der Waals surface area contributed by atoms with Crippen LogP contribution in [0.1, 0.15) is 33.6 Å². The number of nitrogens with one attached hydrogen (secondary N) is 1. The molecule has 1 aliphatic heterocycles. The molecule has 2 fully saturated rings. The molecule has 9 heteroatoms. The lowest BCUT2D eigenvalue weighted by Gasteiger charge is -2.31. The first-order chi connectivity index (χ1) is 16.7. The maximum atomic E-state index is 15.5. The van der Waals surface area contributed by atoms with E-state index in [0.29, 0.717) is 37.1 Å². The predicted octanol–water partition coefficient (Wildman–Crippen LogP) is 2.74. The highest BCUT2D eigenvalue weighted by Gasteiger charge is 2.30. The van der Waals surface area contributed by atoms with Gasteiger partial charge in [0.1, 0.15) is 24.1 Å². The number of esters is 1. The third kappa shape index (κ3) is 8.30. The van der Waals surface area contributed by atoms with Gasteiger partial charge in [-0.1, -0.05) is 12.7 Å². The molecule has 1 atom stereocenters. The van der Waals surface area contributed by atoms with E-state index in [0.717, 1.165) is 25.9 Å². The summed E-state index contributed by atoms with van der Waals surface area (Å²) in [5.41, 5.74) is 0.742. The first-order valence-electron chi connectivity index (χ1n) is 12.2. The van der Waals surface area contributed by atoms with Crippen LogP contribution >= 0.6 is 0 Å².